The third kappa shape index (κ3) is 3.43. The highest BCUT2D eigenvalue weighted by molar-refractivity contribution is 5.94. The second kappa shape index (κ2) is 7.94. The van der Waals surface area contributed by atoms with E-state index in [1.165, 1.54) is 0 Å². The number of carbonyl (C=O) groups excluding carboxylic acids is 1. The Hall–Kier alpha value is -2.99. The van der Waals surface area contributed by atoms with Crippen LogP contribution in [0.5, 0.6) is 0 Å². The molecule has 1 amide bonds. The Morgan fingerprint density at radius 3 is 2.50 bits per heavy atom. The molecule has 4 rings (SSSR count). The molecule has 2 aromatic carbocycles. The number of aromatic nitrogens is 2. The quantitative estimate of drug-likeness (QED) is 0.701. The summed E-state index contributed by atoms with van der Waals surface area (Å²) in [6.07, 6.45) is 0.861. The van der Waals surface area contributed by atoms with Crippen molar-refractivity contribution in [3.63, 3.8) is 0 Å². The molecule has 1 saturated heterocycles. The van der Waals surface area contributed by atoms with E-state index in [1.807, 2.05) is 43.3 Å². The summed E-state index contributed by atoms with van der Waals surface area (Å²) in [5, 5.41) is 0. The number of rotatable bonds is 4. The van der Waals surface area contributed by atoms with E-state index < -0.39 is 0 Å². The molecule has 6 heteroatoms. The lowest BCUT2D eigenvalue weighted by molar-refractivity contribution is 0.0303. The highest BCUT2D eigenvalue weighted by atomic mass is 16.5. The van der Waals surface area contributed by atoms with E-state index >= 15 is 0 Å². The molecule has 0 unspecified atom stereocenters. The fourth-order valence-corrected chi connectivity index (χ4v) is 3.55. The summed E-state index contributed by atoms with van der Waals surface area (Å²) < 4.78 is 7.09. The van der Waals surface area contributed by atoms with Crippen molar-refractivity contribution in [1.29, 1.82) is 0 Å². The number of morpholine rings is 1. The Bertz CT molecular complexity index is 1050. The van der Waals surface area contributed by atoms with Crippen LogP contribution in [-0.4, -0.2) is 46.7 Å². The van der Waals surface area contributed by atoms with Crippen molar-refractivity contribution in [1.82, 2.24) is 14.5 Å². The van der Waals surface area contributed by atoms with Gasteiger partial charge in [0.15, 0.2) is 0 Å². The first-order valence-electron chi connectivity index (χ1n) is 9.66. The van der Waals surface area contributed by atoms with Crippen molar-refractivity contribution in [2.24, 2.45) is 0 Å². The van der Waals surface area contributed by atoms with Gasteiger partial charge in [0, 0.05) is 30.8 Å². The van der Waals surface area contributed by atoms with Gasteiger partial charge in [0.1, 0.15) is 5.69 Å². The lowest BCUT2D eigenvalue weighted by atomic mass is 10.1. The molecular weight excluding hydrogens is 354 g/mol. The summed E-state index contributed by atoms with van der Waals surface area (Å²) in [6, 6.07) is 14.8. The smallest absolute Gasteiger partial charge is 0.277 e. The van der Waals surface area contributed by atoms with Crippen LogP contribution >= 0.6 is 0 Å². The number of ether oxygens (including phenoxy) is 1. The van der Waals surface area contributed by atoms with Gasteiger partial charge in [-0.3, -0.25) is 9.59 Å². The molecule has 0 radical (unpaired) electrons. The molecule has 0 bridgehead atoms. The molecule has 0 aliphatic carbocycles. The predicted molar refractivity (Wildman–Crippen MR) is 108 cm³/mol. The lowest BCUT2D eigenvalue weighted by Crippen LogP contribution is -2.40. The molecule has 2 heterocycles. The second-order valence-corrected chi connectivity index (χ2v) is 6.89. The van der Waals surface area contributed by atoms with Gasteiger partial charge in [0.25, 0.3) is 11.5 Å². The van der Waals surface area contributed by atoms with Crippen molar-refractivity contribution in [3.05, 3.63) is 64.4 Å². The first kappa shape index (κ1) is 18.4. The van der Waals surface area contributed by atoms with Gasteiger partial charge < -0.3 is 14.2 Å². The van der Waals surface area contributed by atoms with Crippen LogP contribution in [0.4, 0.5) is 0 Å². The average molecular weight is 377 g/mol. The van der Waals surface area contributed by atoms with Crippen molar-refractivity contribution >= 4 is 16.9 Å². The van der Waals surface area contributed by atoms with Gasteiger partial charge in [-0.15, -0.1) is 0 Å². The van der Waals surface area contributed by atoms with Crippen LogP contribution in [0.3, 0.4) is 0 Å². The zero-order chi connectivity index (χ0) is 19.5. The predicted octanol–water partition coefficient (Wildman–Crippen LogP) is 2.95. The van der Waals surface area contributed by atoms with Gasteiger partial charge in [-0.05, 0) is 30.7 Å². The molecule has 28 heavy (non-hydrogen) atoms. The molecule has 1 fully saturated rings. The van der Waals surface area contributed by atoms with Gasteiger partial charge in [0.2, 0.25) is 0 Å². The normalized spacial score (nSPS) is 14.4. The number of amides is 1. The van der Waals surface area contributed by atoms with Crippen LogP contribution in [0.1, 0.15) is 23.7 Å². The Morgan fingerprint density at radius 1 is 1.07 bits per heavy atom. The molecule has 0 atom stereocenters. The largest absolute Gasteiger partial charge is 0.378 e. The second-order valence-electron chi connectivity index (χ2n) is 6.89. The Labute approximate surface area is 163 Å². The molecule has 0 spiro atoms. The van der Waals surface area contributed by atoms with Crippen LogP contribution in [0.25, 0.3) is 22.3 Å². The minimum atomic E-state index is -0.104. The van der Waals surface area contributed by atoms with Crippen LogP contribution in [0, 0.1) is 0 Å². The molecule has 1 aliphatic rings. The molecule has 1 aromatic heterocycles. The van der Waals surface area contributed by atoms with Crippen LogP contribution in [0.15, 0.2) is 53.3 Å². The number of aryl methyl sites for hydroxylation is 1. The number of fused-ring (bicyclic) bond motifs is 1. The highest BCUT2D eigenvalue weighted by Crippen LogP contribution is 2.19. The summed E-state index contributed by atoms with van der Waals surface area (Å²) in [7, 11) is 0. The van der Waals surface area contributed by atoms with Crippen LogP contribution in [-0.2, 0) is 11.3 Å². The van der Waals surface area contributed by atoms with E-state index in [4.69, 9.17) is 4.74 Å². The number of hydrogen-bond acceptors (Lipinski definition) is 4. The van der Waals surface area contributed by atoms with Gasteiger partial charge in [-0.1, -0.05) is 31.2 Å². The van der Waals surface area contributed by atoms with E-state index in [1.54, 1.807) is 21.6 Å². The molecule has 1 aliphatic heterocycles. The topological polar surface area (TPSA) is 64.4 Å². The van der Waals surface area contributed by atoms with Gasteiger partial charge in [0.05, 0.1) is 24.2 Å². The fraction of sp³-hybridized carbons (Fsp3) is 0.318. The van der Waals surface area contributed by atoms with Crippen molar-refractivity contribution in [3.8, 4) is 11.3 Å². The highest BCUT2D eigenvalue weighted by Gasteiger charge is 2.19. The van der Waals surface area contributed by atoms with E-state index in [9.17, 15) is 9.59 Å². The monoisotopic (exact) mass is 377 g/mol. The minimum absolute atomic E-state index is 0.00952. The first-order chi connectivity index (χ1) is 13.7. The van der Waals surface area contributed by atoms with E-state index in [-0.39, 0.29) is 11.5 Å². The number of carbonyl (C=O) groups is 1. The summed E-state index contributed by atoms with van der Waals surface area (Å²) in [5.41, 5.74) is 3.28. The van der Waals surface area contributed by atoms with Crippen LogP contribution in [0.2, 0.25) is 0 Å². The van der Waals surface area contributed by atoms with Gasteiger partial charge in [-0.2, -0.15) is 0 Å². The number of hydrogen-bond donors (Lipinski definition) is 0. The van der Waals surface area contributed by atoms with Gasteiger partial charge in [-0.25, -0.2) is 4.98 Å². The maximum atomic E-state index is 13.1. The lowest BCUT2D eigenvalue weighted by Gasteiger charge is -2.26. The zero-order valence-corrected chi connectivity index (χ0v) is 15.9. The maximum Gasteiger partial charge on any atom is 0.277 e. The summed E-state index contributed by atoms with van der Waals surface area (Å²) in [5.74, 6) is -0.00952. The molecular formula is C22H23N3O3. The molecule has 0 N–H and O–H groups in total. The number of para-hydroxylation sites is 2. The SMILES string of the molecule is CCCn1c(=O)c(-c2ccc(C(=O)N3CCOCC3)cc2)nc2ccccc21. The Balaban J connectivity index is 1.71. The Kier molecular flexibility index (Phi) is 5.21. The molecule has 144 valence electrons. The molecule has 0 saturated carbocycles. The third-order valence-corrected chi connectivity index (χ3v) is 5.00. The van der Waals surface area contributed by atoms with E-state index in [2.05, 4.69) is 4.98 Å². The minimum Gasteiger partial charge on any atom is -0.378 e. The summed E-state index contributed by atoms with van der Waals surface area (Å²) in [6.45, 7) is 5.04. The van der Waals surface area contributed by atoms with E-state index in [0.717, 1.165) is 23.0 Å². The van der Waals surface area contributed by atoms with Crippen molar-refractivity contribution in [2.75, 3.05) is 26.3 Å². The third-order valence-electron chi connectivity index (χ3n) is 5.00. The fourth-order valence-electron chi connectivity index (χ4n) is 3.55. The average Bonchev–Trinajstić information content (AvgIpc) is 2.76. The number of nitrogens with zero attached hydrogens (tertiary/aromatic N) is 3. The summed E-state index contributed by atoms with van der Waals surface area (Å²) in [4.78, 5) is 32.1. The van der Waals surface area contributed by atoms with Crippen molar-refractivity contribution < 1.29 is 9.53 Å². The summed E-state index contributed by atoms with van der Waals surface area (Å²) >= 11 is 0. The maximum absolute atomic E-state index is 13.1. The molecule has 3 aromatic rings. The van der Waals surface area contributed by atoms with E-state index in [0.29, 0.717) is 44.1 Å². The standard InChI is InChI=1S/C22H23N3O3/c1-2-11-25-19-6-4-3-5-18(19)23-20(22(25)27)16-7-9-17(10-8-16)21(26)24-12-14-28-15-13-24/h3-10H,2,11-15H2,1H3. The van der Waals surface area contributed by atoms with Gasteiger partial charge >= 0.3 is 0 Å². The number of benzene rings is 2. The van der Waals surface area contributed by atoms with Crippen molar-refractivity contribution in [2.45, 2.75) is 19.9 Å². The first-order valence-corrected chi connectivity index (χ1v) is 9.66. The zero-order valence-electron chi connectivity index (χ0n) is 15.9. The Morgan fingerprint density at radius 2 is 1.79 bits per heavy atom. The van der Waals surface area contributed by atoms with Crippen LogP contribution < -0.4 is 5.56 Å². The molecule has 6 nitrogen and oxygen atoms in total.